The Hall–Kier alpha value is -2.08. The lowest BCUT2D eigenvalue weighted by molar-refractivity contribution is 1.07. The molecule has 3 aromatic rings. The molecule has 0 unspecified atom stereocenters. The lowest BCUT2D eigenvalue weighted by Crippen LogP contribution is -2.05. The number of benzene rings is 1. The second-order valence-electron chi connectivity index (χ2n) is 4.15. The Morgan fingerprint density at radius 2 is 2.05 bits per heavy atom. The van der Waals surface area contributed by atoms with Gasteiger partial charge in [0, 0.05) is 23.4 Å². The van der Waals surface area contributed by atoms with E-state index in [9.17, 15) is 0 Å². The van der Waals surface area contributed by atoms with Crippen LogP contribution >= 0.6 is 15.9 Å². The minimum atomic E-state index is 0.462. The predicted molar refractivity (Wildman–Crippen MR) is 78.9 cm³/mol. The van der Waals surface area contributed by atoms with Crippen LogP contribution in [0.15, 0.2) is 47.3 Å². The van der Waals surface area contributed by atoms with Crippen LogP contribution in [0.25, 0.3) is 5.65 Å². The van der Waals surface area contributed by atoms with Gasteiger partial charge in [0.15, 0.2) is 11.5 Å². The molecule has 0 atom stereocenters. The van der Waals surface area contributed by atoms with E-state index in [1.54, 1.807) is 12.4 Å². The van der Waals surface area contributed by atoms with E-state index in [0.29, 0.717) is 18.2 Å². The summed E-state index contributed by atoms with van der Waals surface area (Å²) in [5.74, 6) is 1.15. The minimum absolute atomic E-state index is 0.462. The molecule has 0 aliphatic carbocycles. The van der Waals surface area contributed by atoms with Gasteiger partial charge in [-0.15, -0.1) is 0 Å². The molecule has 3 N–H and O–H groups in total. The van der Waals surface area contributed by atoms with Gasteiger partial charge in [-0.3, -0.25) is 0 Å². The van der Waals surface area contributed by atoms with Crippen LogP contribution in [0.1, 0.15) is 5.56 Å². The van der Waals surface area contributed by atoms with Crippen molar-refractivity contribution in [3.8, 4) is 0 Å². The molecular weight excluding hydrogens is 306 g/mol. The molecule has 0 aliphatic heterocycles. The van der Waals surface area contributed by atoms with Crippen LogP contribution in [0.5, 0.6) is 0 Å². The number of fused-ring (bicyclic) bond motifs is 1. The number of nitrogen functional groups attached to an aromatic ring is 1. The first-order chi connectivity index (χ1) is 9.22. The summed E-state index contributed by atoms with van der Waals surface area (Å²) in [6.07, 6.45) is 5.31. The van der Waals surface area contributed by atoms with Crippen LogP contribution in [-0.4, -0.2) is 14.4 Å². The minimum Gasteiger partial charge on any atom is -0.382 e. The predicted octanol–water partition coefficient (Wildman–Crippen LogP) is 2.69. The van der Waals surface area contributed by atoms with E-state index in [1.165, 1.54) is 0 Å². The van der Waals surface area contributed by atoms with Crippen LogP contribution in [0.3, 0.4) is 0 Å². The summed E-state index contributed by atoms with van der Waals surface area (Å²) < 4.78 is 2.92. The summed E-state index contributed by atoms with van der Waals surface area (Å²) in [7, 11) is 0. The van der Waals surface area contributed by atoms with E-state index in [-0.39, 0.29) is 0 Å². The number of hydrogen-bond donors (Lipinski definition) is 2. The Kier molecular flexibility index (Phi) is 3.08. The Morgan fingerprint density at radius 1 is 1.26 bits per heavy atom. The quantitative estimate of drug-likeness (QED) is 0.779. The van der Waals surface area contributed by atoms with E-state index in [4.69, 9.17) is 5.73 Å². The highest BCUT2D eigenvalue weighted by Gasteiger charge is 2.05. The Morgan fingerprint density at radius 3 is 2.84 bits per heavy atom. The van der Waals surface area contributed by atoms with Gasteiger partial charge in [0.25, 0.3) is 0 Å². The van der Waals surface area contributed by atoms with Crippen LogP contribution in [-0.2, 0) is 6.54 Å². The molecule has 0 aliphatic rings. The van der Waals surface area contributed by atoms with Crippen molar-refractivity contribution >= 4 is 33.2 Å². The number of nitrogens with two attached hydrogens (primary N) is 1. The standard InChI is InChI=1S/C13H12BrN5/c14-10-3-1-9(2-4-10)7-17-12-13-16-5-6-19(13)8-11(15)18-12/h1-6,8H,7,15H2,(H,17,18). The molecule has 5 nitrogen and oxygen atoms in total. The van der Waals surface area contributed by atoms with Gasteiger partial charge in [-0.05, 0) is 17.7 Å². The number of imidazole rings is 1. The molecule has 2 aromatic heterocycles. The van der Waals surface area contributed by atoms with Gasteiger partial charge in [-0.25, -0.2) is 9.97 Å². The van der Waals surface area contributed by atoms with Crippen molar-refractivity contribution in [2.24, 2.45) is 0 Å². The molecule has 0 saturated carbocycles. The van der Waals surface area contributed by atoms with Crippen molar-refractivity contribution in [1.82, 2.24) is 14.4 Å². The normalized spacial score (nSPS) is 10.8. The maximum atomic E-state index is 5.77. The number of halogens is 1. The third-order valence-corrected chi connectivity index (χ3v) is 3.29. The van der Waals surface area contributed by atoms with E-state index in [2.05, 4.69) is 31.2 Å². The number of nitrogens with one attached hydrogen (secondary N) is 1. The van der Waals surface area contributed by atoms with Crippen LogP contribution < -0.4 is 11.1 Å². The second-order valence-corrected chi connectivity index (χ2v) is 5.07. The summed E-state index contributed by atoms with van der Waals surface area (Å²) >= 11 is 3.42. The fraction of sp³-hybridized carbons (Fsp3) is 0.0769. The van der Waals surface area contributed by atoms with Crippen LogP contribution in [0.4, 0.5) is 11.6 Å². The van der Waals surface area contributed by atoms with Crippen molar-refractivity contribution < 1.29 is 0 Å². The number of rotatable bonds is 3. The van der Waals surface area contributed by atoms with Gasteiger partial charge < -0.3 is 15.5 Å². The maximum absolute atomic E-state index is 5.77. The summed E-state index contributed by atoms with van der Waals surface area (Å²) in [5.41, 5.74) is 7.70. The van der Waals surface area contributed by atoms with E-state index < -0.39 is 0 Å². The van der Waals surface area contributed by atoms with Crippen LogP contribution in [0.2, 0.25) is 0 Å². The van der Waals surface area contributed by atoms with Gasteiger partial charge in [0.2, 0.25) is 0 Å². The molecule has 96 valence electrons. The third kappa shape index (κ3) is 2.53. The van der Waals surface area contributed by atoms with Crippen molar-refractivity contribution in [2.45, 2.75) is 6.54 Å². The SMILES string of the molecule is Nc1cn2ccnc2c(NCc2ccc(Br)cc2)n1. The molecular formula is C13H12BrN5. The summed E-state index contributed by atoms with van der Waals surface area (Å²) in [5, 5.41) is 3.26. The first-order valence-corrected chi connectivity index (χ1v) is 6.59. The summed E-state index contributed by atoms with van der Waals surface area (Å²) in [6.45, 7) is 0.673. The highest BCUT2D eigenvalue weighted by atomic mass is 79.9. The number of aromatic nitrogens is 3. The molecule has 0 fully saturated rings. The Bertz CT molecular complexity index is 705. The lowest BCUT2D eigenvalue weighted by Gasteiger charge is -2.08. The number of nitrogens with zero attached hydrogens (tertiary/aromatic N) is 3. The zero-order chi connectivity index (χ0) is 13.2. The first kappa shape index (κ1) is 12.0. The highest BCUT2D eigenvalue weighted by Crippen LogP contribution is 2.16. The topological polar surface area (TPSA) is 68.2 Å². The molecule has 0 saturated heterocycles. The molecule has 0 amide bonds. The average Bonchev–Trinajstić information content (AvgIpc) is 2.85. The number of hydrogen-bond acceptors (Lipinski definition) is 4. The van der Waals surface area contributed by atoms with Crippen molar-refractivity contribution in [1.29, 1.82) is 0 Å². The zero-order valence-electron chi connectivity index (χ0n) is 10.0. The molecule has 2 heterocycles. The van der Waals surface area contributed by atoms with Gasteiger partial charge in [0.1, 0.15) is 5.82 Å². The van der Waals surface area contributed by atoms with Crippen molar-refractivity contribution in [2.75, 3.05) is 11.1 Å². The largest absolute Gasteiger partial charge is 0.382 e. The Labute approximate surface area is 118 Å². The molecule has 0 spiro atoms. The maximum Gasteiger partial charge on any atom is 0.180 e. The fourth-order valence-electron chi connectivity index (χ4n) is 1.86. The summed E-state index contributed by atoms with van der Waals surface area (Å²) in [6, 6.07) is 8.11. The third-order valence-electron chi connectivity index (χ3n) is 2.77. The van der Waals surface area contributed by atoms with Gasteiger partial charge in [0.05, 0.1) is 6.20 Å². The molecule has 0 radical (unpaired) electrons. The van der Waals surface area contributed by atoms with Gasteiger partial charge >= 0.3 is 0 Å². The molecule has 0 bridgehead atoms. The molecule has 19 heavy (non-hydrogen) atoms. The van der Waals surface area contributed by atoms with Crippen molar-refractivity contribution in [3.63, 3.8) is 0 Å². The monoisotopic (exact) mass is 317 g/mol. The van der Waals surface area contributed by atoms with E-state index >= 15 is 0 Å². The first-order valence-electron chi connectivity index (χ1n) is 5.80. The fourth-order valence-corrected chi connectivity index (χ4v) is 2.12. The van der Waals surface area contributed by atoms with E-state index in [0.717, 1.165) is 15.7 Å². The average molecular weight is 318 g/mol. The van der Waals surface area contributed by atoms with Gasteiger partial charge in [-0.2, -0.15) is 0 Å². The molecule has 6 heteroatoms. The zero-order valence-corrected chi connectivity index (χ0v) is 11.6. The van der Waals surface area contributed by atoms with Crippen LogP contribution in [0, 0.1) is 0 Å². The van der Waals surface area contributed by atoms with Gasteiger partial charge in [-0.1, -0.05) is 28.1 Å². The summed E-state index contributed by atoms with van der Waals surface area (Å²) in [4.78, 5) is 8.54. The molecule has 1 aromatic carbocycles. The molecule has 3 rings (SSSR count). The van der Waals surface area contributed by atoms with Crippen molar-refractivity contribution in [3.05, 3.63) is 52.9 Å². The van der Waals surface area contributed by atoms with E-state index in [1.807, 2.05) is 34.9 Å². The highest BCUT2D eigenvalue weighted by molar-refractivity contribution is 9.10. The lowest BCUT2D eigenvalue weighted by atomic mass is 10.2. The number of anilines is 2. The smallest absolute Gasteiger partial charge is 0.180 e. The second kappa shape index (κ2) is 4.89. The Balaban J connectivity index is 1.85.